The molecule has 40 heavy (non-hydrogen) atoms. The van der Waals surface area contributed by atoms with E-state index in [4.69, 9.17) is 16.3 Å². The zero-order valence-corrected chi connectivity index (χ0v) is 26.1. The van der Waals surface area contributed by atoms with Gasteiger partial charge in [-0.3, -0.25) is 0 Å². The van der Waals surface area contributed by atoms with E-state index in [0.717, 1.165) is 51.4 Å². The summed E-state index contributed by atoms with van der Waals surface area (Å²) in [6.45, 7) is 9.72. The van der Waals surface area contributed by atoms with Crippen LogP contribution in [0.2, 0.25) is 5.02 Å². The highest BCUT2D eigenvalue weighted by molar-refractivity contribution is 7.90. The summed E-state index contributed by atoms with van der Waals surface area (Å²) < 4.78 is 20.3. The summed E-state index contributed by atoms with van der Waals surface area (Å²) in [5, 5.41) is 22.7. The van der Waals surface area contributed by atoms with Gasteiger partial charge >= 0.3 is 6.09 Å². The Labute approximate surface area is 248 Å². The molecule has 1 amide bonds. The normalized spacial score (nSPS) is 42.2. The van der Waals surface area contributed by atoms with Crippen LogP contribution in [0, 0.1) is 52.3 Å². The largest absolute Gasteiger partial charge is 0.588 e. The van der Waals surface area contributed by atoms with Crippen LogP contribution in [0.25, 0.3) is 0 Å². The number of rotatable bonds is 7. The van der Waals surface area contributed by atoms with Gasteiger partial charge in [0.05, 0.1) is 23.8 Å². The van der Waals surface area contributed by atoms with Crippen molar-refractivity contribution < 1.29 is 24.3 Å². The van der Waals surface area contributed by atoms with Gasteiger partial charge in [-0.15, -0.1) is 4.72 Å². The molecule has 0 bridgehead atoms. The molecule has 0 aliphatic heterocycles. The van der Waals surface area contributed by atoms with Crippen molar-refractivity contribution in [2.75, 3.05) is 6.61 Å². The first kappa shape index (κ1) is 30.5. The molecule has 0 spiro atoms. The summed E-state index contributed by atoms with van der Waals surface area (Å²) in [6, 6.07) is 6.73. The van der Waals surface area contributed by atoms with Gasteiger partial charge in [0, 0.05) is 0 Å². The molecule has 1 aromatic rings. The minimum Gasteiger partial charge on any atom is -0.588 e. The van der Waals surface area contributed by atoms with Crippen LogP contribution in [0.15, 0.2) is 29.2 Å². The molecule has 0 aromatic heterocycles. The maximum atomic E-state index is 12.5. The van der Waals surface area contributed by atoms with Crippen LogP contribution in [0.4, 0.5) is 4.79 Å². The fraction of sp³-hybridized carbons (Fsp3) is 0.781. The van der Waals surface area contributed by atoms with Crippen molar-refractivity contribution in [3.05, 3.63) is 29.3 Å². The molecule has 0 radical (unpaired) electrons. The Bertz CT molecular complexity index is 1060. The lowest BCUT2D eigenvalue weighted by Crippen LogP contribution is -2.62. The fourth-order valence-electron chi connectivity index (χ4n) is 10.2. The van der Waals surface area contributed by atoms with E-state index in [2.05, 4.69) is 32.4 Å². The van der Waals surface area contributed by atoms with E-state index in [9.17, 15) is 19.6 Å². The van der Waals surface area contributed by atoms with Gasteiger partial charge in [-0.2, -0.15) is 0 Å². The molecule has 4 aliphatic carbocycles. The number of aliphatic hydroxyl groups is 2. The standard InChI is InChI=1S/C32H48ClNO5S/c1-5-21-25-18-20(35)12-15-32(25,4)24-13-16-31(3)22(10-11-23(31)28(24)29(21)36)19(2)14-17-39-30(37)34-40(38)27-9-7-6-8-26(27)33/h6-9,19-25,28-29,35-36H,5,10-18H2,1-4H3,(H,34,37)/t19-,20-,21-,22-,23+,24+,25?,28-,29-,31?,32?,40+/m1/s1. The second kappa shape index (κ2) is 11.9. The number of halogens is 1. The zero-order chi connectivity index (χ0) is 28.8. The third-order valence-electron chi connectivity index (χ3n) is 12.2. The molecule has 224 valence electrons. The van der Waals surface area contributed by atoms with Gasteiger partial charge < -0.3 is 19.5 Å². The Kier molecular flexibility index (Phi) is 9.10. The Balaban J connectivity index is 1.21. The summed E-state index contributed by atoms with van der Waals surface area (Å²) in [7, 11) is 0. The molecule has 3 unspecified atom stereocenters. The van der Waals surface area contributed by atoms with E-state index in [1.807, 2.05) is 0 Å². The molecule has 3 N–H and O–H groups in total. The first-order valence-corrected chi connectivity index (χ1v) is 17.0. The Morgan fingerprint density at radius 2 is 1.82 bits per heavy atom. The summed E-state index contributed by atoms with van der Waals surface area (Å²) in [5.41, 5.74) is 0.380. The minimum absolute atomic E-state index is 0.172. The van der Waals surface area contributed by atoms with Gasteiger partial charge in [0.15, 0.2) is 4.90 Å². The second-order valence-corrected chi connectivity index (χ2v) is 15.4. The van der Waals surface area contributed by atoms with Gasteiger partial charge in [-0.05, 0) is 116 Å². The molecular weight excluding hydrogens is 546 g/mol. The molecule has 4 saturated carbocycles. The van der Waals surface area contributed by atoms with Crippen LogP contribution in [-0.2, 0) is 16.1 Å². The number of benzene rings is 1. The smallest absolute Gasteiger partial charge is 0.449 e. The lowest BCUT2D eigenvalue weighted by molar-refractivity contribution is -0.203. The van der Waals surface area contributed by atoms with Gasteiger partial charge in [0.25, 0.3) is 0 Å². The summed E-state index contributed by atoms with van der Waals surface area (Å²) in [6.07, 6.45) is 7.98. The number of hydrogen-bond acceptors (Lipinski definition) is 5. The number of nitrogens with one attached hydrogen (secondary N) is 1. The molecule has 5 rings (SSSR count). The fourth-order valence-corrected chi connectivity index (χ4v) is 11.3. The van der Waals surface area contributed by atoms with Crippen molar-refractivity contribution in [3.8, 4) is 0 Å². The maximum absolute atomic E-state index is 12.5. The van der Waals surface area contributed by atoms with Gasteiger partial charge in [0.1, 0.15) is 11.4 Å². The summed E-state index contributed by atoms with van der Waals surface area (Å²) in [4.78, 5) is 12.7. The zero-order valence-electron chi connectivity index (χ0n) is 24.5. The molecule has 4 aliphatic rings. The summed E-state index contributed by atoms with van der Waals surface area (Å²) in [5.74, 6) is 2.95. The minimum atomic E-state index is -1.77. The maximum Gasteiger partial charge on any atom is 0.449 e. The number of carbonyl (C=O) groups is 1. The average molecular weight is 594 g/mol. The Hall–Kier alpha value is -0.990. The molecule has 1 aromatic carbocycles. The molecule has 8 heteroatoms. The number of carbonyl (C=O) groups excluding carboxylic acids is 1. The number of ether oxygens (including phenoxy) is 1. The monoisotopic (exact) mass is 593 g/mol. The van der Waals surface area contributed by atoms with E-state index in [1.54, 1.807) is 24.3 Å². The van der Waals surface area contributed by atoms with Crippen molar-refractivity contribution in [2.24, 2.45) is 52.3 Å². The van der Waals surface area contributed by atoms with Crippen LogP contribution in [0.3, 0.4) is 0 Å². The molecular formula is C32H48ClNO5S. The van der Waals surface area contributed by atoms with E-state index in [1.165, 1.54) is 6.42 Å². The summed E-state index contributed by atoms with van der Waals surface area (Å²) >= 11 is 4.33. The van der Waals surface area contributed by atoms with Crippen LogP contribution >= 0.6 is 11.6 Å². The van der Waals surface area contributed by atoms with Crippen molar-refractivity contribution in [1.82, 2.24) is 4.72 Å². The van der Waals surface area contributed by atoms with Crippen LogP contribution in [0.5, 0.6) is 0 Å². The third-order valence-corrected chi connectivity index (χ3v) is 13.7. The van der Waals surface area contributed by atoms with Crippen LogP contribution in [-0.4, -0.2) is 39.7 Å². The number of amides is 1. The molecule has 0 saturated heterocycles. The van der Waals surface area contributed by atoms with E-state index in [0.29, 0.717) is 45.4 Å². The molecule has 0 heterocycles. The van der Waals surface area contributed by atoms with Gasteiger partial charge in [-0.25, -0.2) is 4.79 Å². The molecule has 6 nitrogen and oxygen atoms in total. The first-order chi connectivity index (χ1) is 19.0. The van der Waals surface area contributed by atoms with E-state index in [-0.39, 0.29) is 35.6 Å². The first-order valence-electron chi connectivity index (χ1n) is 15.5. The lowest BCUT2D eigenvalue weighted by Gasteiger charge is -2.64. The van der Waals surface area contributed by atoms with Crippen molar-refractivity contribution in [2.45, 2.75) is 103 Å². The Morgan fingerprint density at radius 1 is 1.12 bits per heavy atom. The highest BCUT2D eigenvalue weighted by atomic mass is 35.5. The number of fused-ring (bicyclic) bond motifs is 5. The predicted molar refractivity (Wildman–Crippen MR) is 158 cm³/mol. The number of hydrogen-bond donors (Lipinski definition) is 3. The third kappa shape index (κ3) is 5.32. The van der Waals surface area contributed by atoms with E-state index >= 15 is 0 Å². The van der Waals surface area contributed by atoms with Gasteiger partial charge in [-0.1, -0.05) is 57.8 Å². The van der Waals surface area contributed by atoms with Crippen molar-refractivity contribution >= 4 is 29.1 Å². The van der Waals surface area contributed by atoms with Crippen molar-refractivity contribution in [1.29, 1.82) is 0 Å². The predicted octanol–water partition coefficient (Wildman–Crippen LogP) is 6.74. The highest BCUT2D eigenvalue weighted by Gasteiger charge is 2.64. The van der Waals surface area contributed by atoms with Crippen molar-refractivity contribution in [3.63, 3.8) is 0 Å². The second-order valence-electron chi connectivity index (χ2n) is 13.8. The van der Waals surface area contributed by atoms with Crippen LogP contribution < -0.4 is 4.72 Å². The number of aliphatic hydroxyl groups excluding tert-OH is 2. The average Bonchev–Trinajstić information content (AvgIpc) is 3.27. The topological polar surface area (TPSA) is 102 Å². The Morgan fingerprint density at radius 3 is 2.55 bits per heavy atom. The quantitative estimate of drug-likeness (QED) is 0.304. The van der Waals surface area contributed by atoms with E-state index < -0.39 is 17.5 Å². The van der Waals surface area contributed by atoms with Gasteiger partial charge in [0.2, 0.25) is 0 Å². The molecule has 4 fully saturated rings. The molecule has 12 atom stereocenters. The lowest BCUT2D eigenvalue weighted by atomic mass is 9.41. The SMILES string of the molecule is CC[C@@H]1C2C[C@H](O)CCC2(C)[C@H]2CCC3(C)[C@@H]([C@H](C)CCOC(=O)N[S@@+]([O-])c4ccccc4Cl)CC[C@H]3[C@H]2[C@@H]1O. The highest BCUT2D eigenvalue weighted by Crippen LogP contribution is 2.69. The van der Waals surface area contributed by atoms with Crippen LogP contribution in [0.1, 0.15) is 85.5 Å².